The number of hydrogen-bond acceptors (Lipinski definition) is 5. The number of rotatable bonds is 5. The second-order valence-electron chi connectivity index (χ2n) is 4.98. The van der Waals surface area contributed by atoms with Gasteiger partial charge < -0.3 is 10.1 Å². The lowest BCUT2D eigenvalue weighted by Crippen LogP contribution is -2.30. The van der Waals surface area contributed by atoms with Crippen LogP contribution in [0.5, 0.6) is 5.75 Å². The van der Waals surface area contributed by atoms with E-state index < -0.39 is 17.8 Å². The molecule has 3 aromatic rings. The summed E-state index contributed by atoms with van der Waals surface area (Å²) in [6.07, 6.45) is 0.640. The highest BCUT2D eigenvalue weighted by Gasteiger charge is 2.16. The summed E-state index contributed by atoms with van der Waals surface area (Å²) in [5.74, 6) is -0.481. The first-order chi connectivity index (χ1) is 11.6. The van der Waals surface area contributed by atoms with Crippen molar-refractivity contribution < 1.29 is 13.9 Å². The number of aromatic nitrogens is 4. The third-order valence-electron chi connectivity index (χ3n) is 3.24. The molecule has 1 heterocycles. The zero-order valence-corrected chi connectivity index (χ0v) is 12.8. The van der Waals surface area contributed by atoms with Gasteiger partial charge in [-0.3, -0.25) is 4.79 Å². The van der Waals surface area contributed by atoms with Gasteiger partial charge in [0, 0.05) is 6.07 Å². The maximum Gasteiger partial charge on any atom is 0.265 e. The molecule has 1 N–H and O–H groups in total. The van der Waals surface area contributed by atoms with Gasteiger partial charge in [0.05, 0.1) is 11.4 Å². The Labute approximate surface area is 137 Å². The quantitative estimate of drug-likeness (QED) is 0.777. The van der Waals surface area contributed by atoms with E-state index in [-0.39, 0.29) is 5.69 Å². The van der Waals surface area contributed by atoms with Gasteiger partial charge in [-0.25, -0.2) is 9.07 Å². The van der Waals surface area contributed by atoms with Crippen LogP contribution in [-0.2, 0) is 4.79 Å². The van der Waals surface area contributed by atoms with Gasteiger partial charge in [0.25, 0.3) is 5.91 Å². The first-order valence-electron chi connectivity index (χ1n) is 7.19. The predicted molar refractivity (Wildman–Crippen MR) is 84.3 cm³/mol. The van der Waals surface area contributed by atoms with Gasteiger partial charge in [-0.1, -0.05) is 18.2 Å². The van der Waals surface area contributed by atoms with Crippen LogP contribution in [0.1, 0.15) is 6.92 Å². The lowest BCUT2D eigenvalue weighted by molar-refractivity contribution is -0.122. The van der Waals surface area contributed by atoms with E-state index in [1.165, 1.54) is 23.1 Å². The van der Waals surface area contributed by atoms with Crippen molar-refractivity contribution in [3.63, 3.8) is 0 Å². The van der Waals surface area contributed by atoms with Gasteiger partial charge in [0.15, 0.2) is 6.10 Å². The summed E-state index contributed by atoms with van der Waals surface area (Å²) in [4.78, 5) is 12.1. The van der Waals surface area contributed by atoms with E-state index in [1.807, 2.05) is 0 Å². The summed E-state index contributed by atoms with van der Waals surface area (Å²) in [5.41, 5.74) is 0.805. The molecule has 8 heteroatoms. The SMILES string of the molecule is C[C@H](Oc1cccc(-n2cnnn2)c1)C(=O)Nc1ccccc1F. The number of nitrogens with zero attached hydrogens (tertiary/aromatic N) is 4. The zero-order chi connectivity index (χ0) is 16.9. The van der Waals surface area contributed by atoms with E-state index in [0.717, 1.165) is 0 Å². The van der Waals surface area contributed by atoms with Crippen LogP contribution in [0.4, 0.5) is 10.1 Å². The van der Waals surface area contributed by atoms with E-state index in [0.29, 0.717) is 11.4 Å². The number of halogens is 1. The van der Waals surface area contributed by atoms with Crippen molar-refractivity contribution >= 4 is 11.6 Å². The minimum Gasteiger partial charge on any atom is -0.481 e. The third kappa shape index (κ3) is 3.54. The van der Waals surface area contributed by atoms with E-state index in [1.54, 1.807) is 43.3 Å². The lowest BCUT2D eigenvalue weighted by atomic mass is 10.2. The van der Waals surface area contributed by atoms with Crippen LogP contribution in [-0.4, -0.2) is 32.2 Å². The Morgan fingerprint density at radius 1 is 1.25 bits per heavy atom. The highest BCUT2D eigenvalue weighted by Crippen LogP contribution is 2.18. The Kier molecular flexibility index (Phi) is 4.46. The van der Waals surface area contributed by atoms with Crippen molar-refractivity contribution in [2.24, 2.45) is 0 Å². The lowest BCUT2D eigenvalue weighted by Gasteiger charge is -2.15. The molecule has 0 aliphatic carbocycles. The monoisotopic (exact) mass is 327 g/mol. The minimum atomic E-state index is -0.811. The zero-order valence-electron chi connectivity index (χ0n) is 12.8. The van der Waals surface area contributed by atoms with Gasteiger partial charge in [0.1, 0.15) is 17.9 Å². The van der Waals surface area contributed by atoms with Gasteiger partial charge in [-0.05, 0) is 41.6 Å². The summed E-state index contributed by atoms with van der Waals surface area (Å²) in [6.45, 7) is 1.58. The van der Waals surface area contributed by atoms with E-state index in [2.05, 4.69) is 20.8 Å². The number of tetrazole rings is 1. The molecule has 24 heavy (non-hydrogen) atoms. The molecule has 0 spiro atoms. The number of para-hydroxylation sites is 1. The number of nitrogens with one attached hydrogen (secondary N) is 1. The number of hydrogen-bond donors (Lipinski definition) is 1. The number of carbonyl (C=O) groups excluding carboxylic acids is 1. The first-order valence-corrected chi connectivity index (χ1v) is 7.19. The number of anilines is 1. The Balaban J connectivity index is 1.68. The molecule has 0 radical (unpaired) electrons. The molecule has 0 saturated heterocycles. The highest BCUT2D eigenvalue weighted by atomic mass is 19.1. The molecule has 3 rings (SSSR count). The van der Waals surface area contributed by atoms with Crippen LogP contribution in [0, 0.1) is 5.82 Å². The summed E-state index contributed by atoms with van der Waals surface area (Å²) in [5, 5.41) is 13.4. The molecular formula is C16H14FN5O2. The van der Waals surface area contributed by atoms with E-state index >= 15 is 0 Å². The minimum absolute atomic E-state index is 0.111. The highest BCUT2D eigenvalue weighted by molar-refractivity contribution is 5.94. The molecule has 7 nitrogen and oxygen atoms in total. The first kappa shape index (κ1) is 15.6. The van der Waals surface area contributed by atoms with Gasteiger partial charge in [-0.15, -0.1) is 5.10 Å². The molecule has 0 aliphatic heterocycles. The van der Waals surface area contributed by atoms with Crippen LogP contribution >= 0.6 is 0 Å². The molecule has 1 amide bonds. The Morgan fingerprint density at radius 3 is 2.83 bits per heavy atom. The number of carbonyl (C=O) groups is 1. The normalized spacial score (nSPS) is 11.8. The standard InChI is InChI=1S/C16H14FN5O2/c1-11(16(23)19-15-8-3-2-7-14(15)17)24-13-6-4-5-12(9-13)22-10-18-20-21-22/h2-11H,1H3,(H,19,23)/t11-/m0/s1. The van der Waals surface area contributed by atoms with Crippen molar-refractivity contribution in [1.82, 2.24) is 20.2 Å². The smallest absolute Gasteiger partial charge is 0.265 e. The van der Waals surface area contributed by atoms with Gasteiger partial charge in [0.2, 0.25) is 0 Å². The Bertz CT molecular complexity index is 838. The Hall–Kier alpha value is -3.29. The number of benzene rings is 2. The summed E-state index contributed by atoms with van der Waals surface area (Å²) >= 11 is 0. The van der Waals surface area contributed by atoms with Crippen LogP contribution in [0.3, 0.4) is 0 Å². The van der Waals surface area contributed by atoms with Crippen molar-refractivity contribution in [3.8, 4) is 11.4 Å². The largest absolute Gasteiger partial charge is 0.481 e. The molecule has 2 aromatic carbocycles. The fourth-order valence-electron chi connectivity index (χ4n) is 2.03. The molecule has 0 bridgehead atoms. The fourth-order valence-corrected chi connectivity index (χ4v) is 2.03. The molecule has 0 unspecified atom stereocenters. The number of amides is 1. The van der Waals surface area contributed by atoms with E-state index in [4.69, 9.17) is 4.74 Å². The summed E-state index contributed by atoms with van der Waals surface area (Å²) in [7, 11) is 0. The Morgan fingerprint density at radius 2 is 2.08 bits per heavy atom. The van der Waals surface area contributed by atoms with Crippen molar-refractivity contribution in [3.05, 3.63) is 60.7 Å². The maximum absolute atomic E-state index is 13.6. The van der Waals surface area contributed by atoms with Crippen molar-refractivity contribution in [1.29, 1.82) is 0 Å². The average Bonchev–Trinajstić information content (AvgIpc) is 3.12. The fraction of sp³-hybridized carbons (Fsp3) is 0.125. The van der Waals surface area contributed by atoms with E-state index in [9.17, 15) is 9.18 Å². The van der Waals surface area contributed by atoms with Crippen LogP contribution < -0.4 is 10.1 Å². The molecule has 0 saturated carbocycles. The third-order valence-corrected chi connectivity index (χ3v) is 3.24. The van der Waals surface area contributed by atoms with Gasteiger partial charge >= 0.3 is 0 Å². The molecule has 1 aromatic heterocycles. The molecule has 0 fully saturated rings. The molecule has 0 aliphatic rings. The molecule has 1 atom stereocenters. The van der Waals surface area contributed by atoms with Crippen LogP contribution in [0.15, 0.2) is 54.9 Å². The molecular weight excluding hydrogens is 313 g/mol. The second-order valence-corrected chi connectivity index (χ2v) is 4.98. The van der Waals surface area contributed by atoms with Crippen LogP contribution in [0.25, 0.3) is 5.69 Å². The van der Waals surface area contributed by atoms with Gasteiger partial charge in [-0.2, -0.15) is 0 Å². The van der Waals surface area contributed by atoms with Crippen molar-refractivity contribution in [2.45, 2.75) is 13.0 Å². The summed E-state index contributed by atoms with van der Waals surface area (Å²) < 4.78 is 20.7. The number of ether oxygens (including phenoxy) is 1. The van der Waals surface area contributed by atoms with Crippen LogP contribution in [0.2, 0.25) is 0 Å². The predicted octanol–water partition coefficient (Wildman–Crippen LogP) is 2.21. The van der Waals surface area contributed by atoms with Crippen molar-refractivity contribution in [2.75, 3.05) is 5.32 Å². The maximum atomic E-state index is 13.6. The topological polar surface area (TPSA) is 81.9 Å². The molecule has 122 valence electrons. The summed E-state index contributed by atoms with van der Waals surface area (Å²) in [6, 6.07) is 12.9. The second kappa shape index (κ2) is 6.86. The average molecular weight is 327 g/mol.